The van der Waals surface area contributed by atoms with Gasteiger partial charge in [-0.15, -0.1) is 4.73 Å². The van der Waals surface area contributed by atoms with Gasteiger partial charge in [0.2, 0.25) is 5.95 Å². The van der Waals surface area contributed by atoms with E-state index in [-0.39, 0.29) is 23.8 Å². The van der Waals surface area contributed by atoms with E-state index in [0.29, 0.717) is 26.7 Å². The molecule has 0 spiro atoms. The lowest BCUT2D eigenvalue weighted by Crippen LogP contribution is -2.27. The van der Waals surface area contributed by atoms with Gasteiger partial charge in [-0.1, -0.05) is 53.5 Å². The largest absolute Gasteiger partial charge is 0.404 e. The SMILES string of the molecule is O=c1ccc2c(-c3c(Cl)cccc3Cl)nc(Nc3ccccc3)nc2n1OCc1cccnc1. The topological polar surface area (TPSA) is 81.9 Å². The third-order valence-electron chi connectivity index (χ3n) is 5.02. The predicted molar refractivity (Wildman–Crippen MR) is 133 cm³/mol. The normalized spacial score (nSPS) is 10.9. The van der Waals surface area contributed by atoms with E-state index in [4.69, 9.17) is 33.0 Å². The number of fused-ring (bicyclic) bond motifs is 1. The monoisotopic (exact) mass is 489 g/mol. The summed E-state index contributed by atoms with van der Waals surface area (Å²) < 4.78 is 1.15. The van der Waals surface area contributed by atoms with Crippen molar-refractivity contribution in [2.24, 2.45) is 0 Å². The Morgan fingerprint density at radius 2 is 1.68 bits per heavy atom. The summed E-state index contributed by atoms with van der Waals surface area (Å²) in [6, 6.07) is 21.4. The van der Waals surface area contributed by atoms with Crippen LogP contribution in [-0.4, -0.2) is 19.7 Å². The summed E-state index contributed by atoms with van der Waals surface area (Å²) in [5, 5.41) is 4.58. The standard InChI is InChI=1S/C25H17Cl2N5O2/c26-19-9-4-10-20(27)22(19)23-18-11-12-21(33)32(34-15-16-6-5-13-28-14-16)24(18)31-25(30-23)29-17-7-2-1-3-8-17/h1-14H,15H2,(H,29,30,31). The van der Waals surface area contributed by atoms with E-state index in [1.165, 1.54) is 6.07 Å². The van der Waals surface area contributed by atoms with Crippen molar-refractivity contribution in [3.05, 3.63) is 111 Å². The molecule has 0 aliphatic carbocycles. The van der Waals surface area contributed by atoms with Crippen LogP contribution in [0.25, 0.3) is 22.3 Å². The molecule has 0 fully saturated rings. The molecular formula is C25H17Cl2N5O2. The Kier molecular flexibility index (Phi) is 6.12. The Hall–Kier alpha value is -3.94. The lowest BCUT2D eigenvalue weighted by molar-refractivity contribution is 0.0978. The first-order valence-electron chi connectivity index (χ1n) is 10.3. The van der Waals surface area contributed by atoms with Gasteiger partial charge in [-0.2, -0.15) is 4.98 Å². The lowest BCUT2D eigenvalue weighted by Gasteiger charge is -2.16. The Balaban J connectivity index is 1.70. The van der Waals surface area contributed by atoms with Gasteiger partial charge in [-0.25, -0.2) is 4.98 Å². The second kappa shape index (κ2) is 9.51. The van der Waals surface area contributed by atoms with E-state index in [1.807, 2.05) is 36.4 Å². The zero-order chi connectivity index (χ0) is 23.5. The van der Waals surface area contributed by atoms with Crippen molar-refractivity contribution in [3.63, 3.8) is 0 Å². The van der Waals surface area contributed by atoms with E-state index in [9.17, 15) is 4.79 Å². The van der Waals surface area contributed by atoms with Crippen molar-refractivity contribution in [1.29, 1.82) is 0 Å². The van der Waals surface area contributed by atoms with Gasteiger partial charge in [0.1, 0.15) is 6.61 Å². The second-order valence-corrected chi connectivity index (χ2v) is 8.14. The molecule has 0 amide bonds. The lowest BCUT2D eigenvalue weighted by atomic mass is 10.1. The van der Waals surface area contributed by atoms with E-state index >= 15 is 0 Å². The minimum absolute atomic E-state index is 0.125. The van der Waals surface area contributed by atoms with E-state index in [1.54, 1.807) is 42.7 Å². The molecule has 0 bridgehead atoms. The third-order valence-corrected chi connectivity index (χ3v) is 5.65. The van der Waals surface area contributed by atoms with Crippen LogP contribution < -0.4 is 15.7 Å². The van der Waals surface area contributed by atoms with Crippen LogP contribution >= 0.6 is 23.2 Å². The van der Waals surface area contributed by atoms with E-state index in [2.05, 4.69) is 15.3 Å². The number of pyridine rings is 2. The van der Waals surface area contributed by atoms with Crippen LogP contribution in [0, 0.1) is 0 Å². The number of hydrogen-bond donors (Lipinski definition) is 1. The van der Waals surface area contributed by atoms with Gasteiger partial charge < -0.3 is 10.2 Å². The molecular weight excluding hydrogens is 473 g/mol. The quantitative estimate of drug-likeness (QED) is 0.337. The summed E-state index contributed by atoms with van der Waals surface area (Å²) in [7, 11) is 0. The number of halogens is 2. The zero-order valence-electron chi connectivity index (χ0n) is 17.7. The molecule has 0 unspecified atom stereocenters. The summed E-state index contributed by atoms with van der Waals surface area (Å²) in [6.07, 6.45) is 3.34. The zero-order valence-corrected chi connectivity index (χ0v) is 19.2. The summed E-state index contributed by atoms with van der Waals surface area (Å²) >= 11 is 13.0. The van der Waals surface area contributed by atoms with Crippen molar-refractivity contribution in [2.75, 3.05) is 5.32 Å². The fourth-order valence-electron chi connectivity index (χ4n) is 3.46. The molecule has 0 radical (unpaired) electrons. The van der Waals surface area contributed by atoms with Crippen molar-refractivity contribution >= 4 is 45.9 Å². The molecule has 2 aromatic carbocycles. The highest BCUT2D eigenvalue weighted by Gasteiger charge is 2.19. The Morgan fingerprint density at radius 1 is 0.882 bits per heavy atom. The highest BCUT2D eigenvalue weighted by molar-refractivity contribution is 6.39. The molecule has 5 aromatic rings. The number of benzene rings is 2. The van der Waals surface area contributed by atoms with Crippen LogP contribution in [-0.2, 0) is 6.61 Å². The molecule has 3 aromatic heterocycles. The fraction of sp³-hybridized carbons (Fsp3) is 0.0400. The van der Waals surface area contributed by atoms with Gasteiger partial charge in [0, 0.05) is 40.7 Å². The molecule has 9 heteroatoms. The minimum atomic E-state index is -0.378. The van der Waals surface area contributed by atoms with Gasteiger partial charge >= 0.3 is 0 Å². The maximum absolute atomic E-state index is 12.8. The number of nitrogens with zero attached hydrogens (tertiary/aromatic N) is 4. The molecule has 1 N–H and O–H groups in total. The van der Waals surface area contributed by atoms with Crippen LogP contribution in [0.4, 0.5) is 11.6 Å². The predicted octanol–water partition coefficient (Wildman–Crippen LogP) is 5.53. The number of hydrogen-bond acceptors (Lipinski definition) is 6. The summed E-state index contributed by atoms with van der Waals surface area (Å²) in [4.78, 5) is 32.1. The van der Waals surface area contributed by atoms with E-state index < -0.39 is 0 Å². The molecule has 34 heavy (non-hydrogen) atoms. The number of rotatable bonds is 6. The molecule has 5 rings (SSSR count). The molecule has 0 saturated heterocycles. The average Bonchev–Trinajstić information content (AvgIpc) is 2.84. The Labute approximate surface area is 204 Å². The van der Waals surface area contributed by atoms with Crippen LogP contribution in [0.1, 0.15) is 5.56 Å². The first-order valence-corrected chi connectivity index (χ1v) is 11.1. The summed E-state index contributed by atoms with van der Waals surface area (Å²) in [6.45, 7) is 0.125. The fourth-order valence-corrected chi connectivity index (χ4v) is 4.04. The first-order chi connectivity index (χ1) is 16.6. The van der Waals surface area contributed by atoms with Crippen molar-refractivity contribution in [2.45, 2.75) is 6.61 Å². The summed E-state index contributed by atoms with van der Waals surface area (Å²) in [5.41, 5.74) is 2.48. The molecule has 7 nitrogen and oxygen atoms in total. The Morgan fingerprint density at radius 3 is 2.41 bits per heavy atom. The van der Waals surface area contributed by atoms with Crippen LogP contribution in [0.5, 0.6) is 0 Å². The van der Waals surface area contributed by atoms with Gasteiger partial charge in [-0.05, 0) is 36.4 Å². The Bertz CT molecular complexity index is 1510. The minimum Gasteiger partial charge on any atom is -0.404 e. The van der Waals surface area contributed by atoms with Gasteiger partial charge in [0.25, 0.3) is 5.56 Å². The van der Waals surface area contributed by atoms with Crippen LogP contribution in [0.2, 0.25) is 10.0 Å². The molecule has 0 saturated carbocycles. The average molecular weight is 490 g/mol. The number of para-hydroxylation sites is 1. The summed E-state index contributed by atoms with van der Waals surface area (Å²) in [5.74, 6) is 0.258. The molecule has 0 atom stereocenters. The molecule has 168 valence electrons. The van der Waals surface area contributed by atoms with Crippen LogP contribution in [0.3, 0.4) is 0 Å². The number of anilines is 2. The van der Waals surface area contributed by atoms with Crippen LogP contribution in [0.15, 0.2) is 90.0 Å². The van der Waals surface area contributed by atoms with Gasteiger partial charge in [0.15, 0.2) is 5.65 Å². The third kappa shape index (κ3) is 4.44. The second-order valence-electron chi connectivity index (χ2n) is 7.32. The smallest absolute Gasteiger partial charge is 0.285 e. The van der Waals surface area contributed by atoms with Gasteiger partial charge in [0.05, 0.1) is 15.7 Å². The molecule has 0 aliphatic rings. The molecule has 3 heterocycles. The number of aromatic nitrogens is 4. The van der Waals surface area contributed by atoms with Crippen molar-refractivity contribution in [3.8, 4) is 11.3 Å². The maximum Gasteiger partial charge on any atom is 0.285 e. The highest BCUT2D eigenvalue weighted by Crippen LogP contribution is 2.37. The molecule has 0 aliphatic heterocycles. The van der Waals surface area contributed by atoms with Crippen molar-refractivity contribution < 1.29 is 4.84 Å². The highest BCUT2D eigenvalue weighted by atomic mass is 35.5. The maximum atomic E-state index is 12.8. The number of nitrogens with one attached hydrogen (secondary N) is 1. The van der Waals surface area contributed by atoms with Gasteiger partial charge in [-0.3, -0.25) is 9.78 Å². The van der Waals surface area contributed by atoms with E-state index in [0.717, 1.165) is 16.0 Å². The van der Waals surface area contributed by atoms with Crippen molar-refractivity contribution in [1.82, 2.24) is 19.7 Å². The first kappa shape index (κ1) is 21.9.